The first-order valence-electron chi connectivity index (χ1n) is 5.50. The third-order valence-corrected chi connectivity index (χ3v) is 3.21. The smallest absolute Gasteiger partial charge is 0.196 e. The van der Waals surface area contributed by atoms with Crippen LogP contribution in [0.1, 0.15) is 27.0 Å². The molecule has 0 fully saturated rings. The third kappa shape index (κ3) is 1.71. The maximum absolute atomic E-state index is 12.3. The van der Waals surface area contributed by atoms with Gasteiger partial charge in [-0.1, -0.05) is 35.9 Å². The number of hydrogen-bond donors (Lipinski definition) is 1. The predicted molar refractivity (Wildman–Crippen MR) is 71.9 cm³/mol. The summed E-state index contributed by atoms with van der Waals surface area (Å²) in [6, 6.07) is 10.0. The maximum Gasteiger partial charge on any atom is 0.196 e. The van der Waals surface area contributed by atoms with Crippen molar-refractivity contribution in [1.82, 2.24) is 0 Å². The highest BCUT2D eigenvalue weighted by molar-refractivity contribution is 6.31. The monoisotopic (exact) mass is 256 g/mol. The fourth-order valence-electron chi connectivity index (χ4n) is 1.96. The number of aromatic hydroxyl groups is 1. The number of phenolic OH excluding ortho intramolecular Hbond substituents is 1. The zero-order valence-corrected chi connectivity index (χ0v) is 10.1. The Bertz CT molecular complexity index is 687. The van der Waals surface area contributed by atoms with Gasteiger partial charge in [-0.2, -0.15) is 0 Å². The van der Waals surface area contributed by atoms with Crippen molar-refractivity contribution < 1.29 is 9.90 Å². The lowest BCUT2D eigenvalue weighted by Gasteiger charge is -2.13. The molecule has 0 spiro atoms. The van der Waals surface area contributed by atoms with Crippen LogP contribution in [0, 0.1) is 0 Å². The van der Waals surface area contributed by atoms with Gasteiger partial charge in [0.1, 0.15) is 5.75 Å². The summed E-state index contributed by atoms with van der Waals surface area (Å²) >= 11 is 5.86. The minimum atomic E-state index is -0.224. The molecule has 0 amide bonds. The molecule has 0 aromatic heterocycles. The van der Waals surface area contributed by atoms with Crippen molar-refractivity contribution in [1.29, 1.82) is 0 Å². The van der Waals surface area contributed by atoms with Crippen LogP contribution < -0.4 is 0 Å². The van der Waals surface area contributed by atoms with Gasteiger partial charge in [0, 0.05) is 10.6 Å². The van der Waals surface area contributed by atoms with Crippen LogP contribution in [0.5, 0.6) is 5.75 Å². The maximum atomic E-state index is 12.3. The van der Waals surface area contributed by atoms with E-state index < -0.39 is 0 Å². The van der Waals surface area contributed by atoms with Crippen LogP contribution in [0.25, 0.3) is 12.2 Å². The molecule has 3 heteroatoms. The summed E-state index contributed by atoms with van der Waals surface area (Å²) in [6.07, 6.45) is 3.80. The van der Waals surface area contributed by atoms with Crippen LogP contribution >= 0.6 is 11.6 Å². The van der Waals surface area contributed by atoms with Gasteiger partial charge in [0.25, 0.3) is 0 Å². The standard InChI is InChI=1S/C15H9ClO2/c16-12-3-1-2-11(6-12)15(18)13-7-9-4-5-10(9)8-14(13)17/h1-8,17H. The lowest BCUT2D eigenvalue weighted by atomic mass is 9.92. The molecule has 2 nitrogen and oxygen atoms in total. The Morgan fingerprint density at radius 2 is 1.78 bits per heavy atom. The Morgan fingerprint density at radius 3 is 2.44 bits per heavy atom. The lowest BCUT2D eigenvalue weighted by molar-refractivity contribution is 0.103. The van der Waals surface area contributed by atoms with Gasteiger partial charge in [-0.15, -0.1) is 0 Å². The number of carbonyl (C=O) groups is 1. The van der Waals surface area contributed by atoms with Crippen LogP contribution in [-0.4, -0.2) is 10.9 Å². The molecule has 0 radical (unpaired) electrons. The quantitative estimate of drug-likeness (QED) is 0.709. The summed E-state index contributed by atoms with van der Waals surface area (Å²) in [5, 5.41) is 10.4. The predicted octanol–water partition coefficient (Wildman–Crippen LogP) is 3.76. The Hall–Kier alpha value is -2.06. The van der Waals surface area contributed by atoms with Gasteiger partial charge in [0.2, 0.25) is 0 Å². The van der Waals surface area contributed by atoms with Gasteiger partial charge < -0.3 is 5.11 Å². The summed E-state index contributed by atoms with van der Waals surface area (Å²) in [7, 11) is 0. The summed E-state index contributed by atoms with van der Waals surface area (Å²) < 4.78 is 0. The SMILES string of the molecule is O=C(c1cccc(Cl)c1)c1cc2c(cc1O)C=C2. The molecule has 88 valence electrons. The van der Waals surface area contributed by atoms with Crippen molar-refractivity contribution in [3.63, 3.8) is 0 Å². The van der Waals surface area contributed by atoms with Gasteiger partial charge >= 0.3 is 0 Å². The van der Waals surface area contributed by atoms with E-state index in [1.165, 1.54) is 0 Å². The van der Waals surface area contributed by atoms with Crippen LogP contribution in [0.2, 0.25) is 5.02 Å². The van der Waals surface area contributed by atoms with Crippen molar-refractivity contribution in [2.24, 2.45) is 0 Å². The van der Waals surface area contributed by atoms with E-state index in [0.29, 0.717) is 16.1 Å². The second-order valence-corrected chi connectivity index (χ2v) is 4.61. The number of hydrogen-bond acceptors (Lipinski definition) is 2. The largest absolute Gasteiger partial charge is 0.507 e. The molecular formula is C15H9ClO2. The van der Waals surface area contributed by atoms with Gasteiger partial charge in [0.05, 0.1) is 5.56 Å². The molecule has 0 bridgehead atoms. The van der Waals surface area contributed by atoms with Gasteiger partial charge in [-0.3, -0.25) is 4.79 Å². The summed E-state index contributed by atoms with van der Waals surface area (Å²) in [5.74, 6) is -0.221. The van der Waals surface area contributed by atoms with Gasteiger partial charge in [-0.25, -0.2) is 0 Å². The van der Waals surface area contributed by atoms with Crippen molar-refractivity contribution >= 4 is 29.5 Å². The first-order valence-corrected chi connectivity index (χ1v) is 5.88. The minimum Gasteiger partial charge on any atom is -0.507 e. The first-order chi connectivity index (χ1) is 8.65. The van der Waals surface area contributed by atoms with Crippen LogP contribution in [0.4, 0.5) is 0 Å². The second-order valence-electron chi connectivity index (χ2n) is 4.17. The third-order valence-electron chi connectivity index (χ3n) is 2.98. The van der Waals surface area contributed by atoms with E-state index in [4.69, 9.17) is 11.6 Å². The molecule has 2 aromatic rings. The topological polar surface area (TPSA) is 37.3 Å². The van der Waals surface area contributed by atoms with Crippen molar-refractivity contribution in [3.8, 4) is 5.75 Å². The number of phenols is 1. The lowest BCUT2D eigenvalue weighted by Crippen LogP contribution is -2.04. The Kier molecular flexibility index (Phi) is 2.46. The van der Waals surface area contributed by atoms with Gasteiger partial charge in [-0.05, 0) is 35.4 Å². The van der Waals surface area contributed by atoms with Crippen LogP contribution in [-0.2, 0) is 0 Å². The molecule has 18 heavy (non-hydrogen) atoms. The summed E-state index contributed by atoms with van der Waals surface area (Å²) in [4.78, 5) is 12.3. The van der Waals surface area contributed by atoms with Crippen LogP contribution in [0.3, 0.4) is 0 Å². The number of carbonyl (C=O) groups excluding carboxylic acids is 1. The van der Waals surface area contributed by atoms with Crippen LogP contribution in [0.15, 0.2) is 36.4 Å². The highest BCUT2D eigenvalue weighted by Crippen LogP contribution is 2.32. The highest BCUT2D eigenvalue weighted by atomic mass is 35.5. The average molecular weight is 257 g/mol. The van der Waals surface area contributed by atoms with E-state index in [1.54, 1.807) is 36.4 Å². The highest BCUT2D eigenvalue weighted by Gasteiger charge is 2.17. The molecule has 1 N–H and O–H groups in total. The Balaban J connectivity index is 2.06. The number of fused-ring (bicyclic) bond motifs is 1. The van der Waals surface area contributed by atoms with E-state index in [-0.39, 0.29) is 11.5 Å². The number of benzene rings is 2. The van der Waals surface area contributed by atoms with E-state index in [0.717, 1.165) is 11.1 Å². The van der Waals surface area contributed by atoms with Crippen molar-refractivity contribution in [3.05, 3.63) is 63.7 Å². The molecule has 1 aliphatic rings. The Morgan fingerprint density at radius 1 is 1.06 bits per heavy atom. The van der Waals surface area contributed by atoms with E-state index in [1.807, 2.05) is 12.2 Å². The summed E-state index contributed by atoms with van der Waals surface area (Å²) in [6.45, 7) is 0. The summed E-state index contributed by atoms with van der Waals surface area (Å²) in [5.41, 5.74) is 2.70. The first kappa shape index (κ1) is 11.1. The number of halogens is 1. The molecule has 0 saturated carbocycles. The molecule has 1 aliphatic carbocycles. The minimum absolute atomic E-state index is 0.00285. The molecule has 0 saturated heterocycles. The molecule has 2 aromatic carbocycles. The second kappa shape index (κ2) is 4.00. The molecule has 0 unspecified atom stereocenters. The molecule has 0 atom stereocenters. The zero-order valence-electron chi connectivity index (χ0n) is 9.35. The average Bonchev–Trinajstić information content (AvgIpc) is 2.33. The molecule has 0 aliphatic heterocycles. The molecule has 3 rings (SSSR count). The van der Waals surface area contributed by atoms with E-state index in [2.05, 4.69) is 0 Å². The molecule has 0 heterocycles. The number of ketones is 1. The van der Waals surface area contributed by atoms with Crippen molar-refractivity contribution in [2.75, 3.05) is 0 Å². The van der Waals surface area contributed by atoms with Crippen molar-refractivity contribution in [2.45, 2.75) is 0 Å². The Labute approximate surface area is 109 Å². The van der Waals surface area contributed by atoms with Gasteiger partial charge in [0.15, 0.2) is 5.78 Å². The van der Waals surface area contributed by atoms with E-state index in [9.17, 15) is 9.90 Å². The number of rotatable bonds is 2. The fraction of sp³-hybridized carbons (Fsp3) is 0. The molecular weight excluding hydrogens is 248 g/mol. The zero-order chi connectivity index (χ0) is 12.7. The fourth-order valence-corrected chi connectivity index (χ4v) is 2.15. The van der Waals surface area contributed by atoms with E-state index >= 15 is 0 Å². The normalized spacial score (nSPS) is 11.8.